The summed E-state index contributed by atoms with van der Waals surface area (Å²) in [7, 11) is 1.78. The van der Waals surface area contributed by atoms with Gasteiger partial charge in [0.25, 0.3) is 5.91 Å². The number of hydrogen-bond donors (Lipinski definition) is 4. The van der Waals surface area contributed by atoms with Gasteiger partial charge in [0, 0.05) is 76.2 Å². The Morgan fingerprint density at radius 1 is 1.03 bits per heavy atom. The lowest BCUT2D eigenvalue weighted by atomic mass is 9.75. The summed E-state index contributed by atoms with van der Waals surface area (Å²) >= 11 is 0. The second-order valence-corrected chi connectivity index (χ2v) is 10.8. The standard InChI is InChI=1S/C23H31N7O.C4H8N2O/c24-21(31)20-22(28-19(13-26-20)29-10-2-1-3-11-29)27-17-5-7-18(8-6-17)30-12-4-9-23(16-30)14-25-15-23;1-6-3-2-5-4(6)7/h5-8,13,25H,1-4,9-12,14-16H2,(H2,24,31)(H,27,28);2-3H2,1H3,(H,5,7). The molecule has 5 N–H and O–H groups in total. The number of carbonyl (C=O) groups excluding carboxylic acids is 2. The molecule has 3 amide bonds. The molecular formula is C27H39N9O2. The van der Waals surface area contributed by atoms with Crippen LogP contribution in [-0.2, 0) is 0 Å². The van der Waals surface area contributed by atoms with E-state index in [1.165, 1.54) is 24.9 Å². The molecule has 1 spiro atoms. The highest BCUT2D eigenvalue weighted by Gasteiger charge is 2.40. The molecule has 38 heavy (non-hydrogen) atoms. The van der Waals surface area contributed by atoms with E-state index in [4.69, 9.17) is 10.7 Å². The molecule has 0 radical (unpaired) electrons. The predicted octanol–water partition coefficient (Wildman–Crippen LogP) is 2.14. The molecule has 0 saturated carbocycles. The number of urea groups is 1. The molecule has 0 bridgehead atoms. The average Bonchev–Trinajstić information content (AvgIpc) is 3.31. The number of piperidine rings is 2. The van der Waals surface area contributed by atoms with E-state index < -0.39 is 5.91 Å². The molecule has 11 nitrogen and oxygen atoms in total. The Kier molecular flexibility index (Phi) is 7.82. The van der Waals surface area contributed by atoms with Crippen LogP contribution in [0.1, 0.15) is 42.6 Å². The van der Waals surface area contributed by atoms with Gasteiger partial charge in [-0.2, -0.15) is 0 Å². The van der Waals surface area contributed by atoms with Gasteiger partial charge in [-0.1, -0.05) is 0 Å². The molecule has 11 heteroatoms. The Morgan fingerprint density at radius 3 is 2.34 bits per heavy atom. The molecule has 5 heterocycles. The minimum absolute atomic E-state index is 0.0417. The van der Waals surface area contributed by atoms with Gasteiger partial charge in [-0.3, -0.25) is 4.79 Å². The van der Waals surface area contributed by atoms with E-state index in [-0.39, 0.29) is 11.7 Å². The molecule has 4 fully saturated rings. The SMILES string of the molecule is CN1CCNC1=O.NC(=O)c1ncc(N2CCCCC2)nc1Nc1ccc(N2CCCC3(CNC3)C2)cc1. The molecule has 1 aromatic carbocycles. The van der Waals surface area contributed by atoms with Crippen molar-refractivity contribution in [2.75, 3.05) is 74.5 Å². The van der Waals surface area contributed by atoms with Crippen LogP contribution in [0.4, 0.5) is 27.8 Å². The van der Waals surface area contributed by atoms with Gasteiger partial charge in [-0.25, -0.2) is 14.8 Å². The Bertz CT molecular complexity index is 1130. The van der Waals surface area contributed by atoms with E-state index in [2.05, 4.69) is 42.9 Å². The Balaban J connectivity index is 0.000000366. The number of anilines is 4. The third-order valence-electron chi connectivity index (χ3n) is 7.90. The highest BCUT2D eigenvalue weighted by Crippen LogP contribution is 2.36. The summed E-state index contributed by atoms with van der Waals surface area (Å²) in [5.74, 6) is 0.627. The van der Waals surface area contributed by atoms with Gasteiger partial charge in [-0.15, -0.1) is 0 Å². The first-order chi connectivity index (χ1) is 18.4. The van der Waals surface area contributed by atoms with Gasteiger partial charge < -0.3 is 36.4 Å². The van der Waals surface area contributed by atoms with E-state index in [0.717, 1.165) is 76.7 Å². The molecule has 204 valence electrons. The van der Waals surface area contributed by atoms with Crippen molar-refractivity contribution in [2.45, 2.75) is 32.1 Å². The minimum Gasteiger partial charge on any atom is -0.371 e. The number of rotatable bonds is 5. The van der Waals surface area contributed by atoms with Crippen molar-refractivity contribution in [3.63, 3.8) is 0 Å². The summed E-state index contributed by atoms with van der Waals surface area (Å²) in [6, 6.07) is 8.39. The predicted molar refractivity (Wildman–Crippen MR) is 149 cm³/mol. The Morgan fingerprint density at radius 2 is 1.76 bits per heavy atom. The first kappa shape index (κ1) is 26.0. The van der Waals surface area contributed by atoms with Crippen molar-refractivity contribution in [1.29, 1.82) is 0 Å². The molecule has 4 aliphatic heterocycles. The summed E-state index contributed by atoms with van der Waals surface area (Å²) in [6.45, 7) is 8.05. The van der Waals surface area contributed by atoms with E-state index in [1.807, 2.05) is 12.1 Å². The van der Waals surface area contributed by atoms with Crippen molar-refractivity contribution in [1.82, 2.24) is 25.5 Å². The number of nitrogens with two attached hydrogens (primary N) is 1. The molecule has 6 rings (SSSR count). The van der Waals surface area contributed by atoms with Crippen molar-refractivity contribution in [2.24, 2.45) is 11.1 Å². The summed E-state index contributed by atoms with van der Waals surface area (Å²) in [6.07, 6.45) is 7.76. The number of benzene rings is 1. The van der Waals surface area contributed by atoms with Crippen LogP contribution in [0.3, 0.4) is 0 Å². The third kappa shape index (κ3) is 5.93. The van der Waals surface area contributed by atoms with Crippen LogP contribution < -0.4 is 31.5 Å². The number of hydrogen-bond acceptors (Lipinski definition) is 8. The normalized spacial score (nSPS) is 20.3. The number of aromatic nitrogens is 2. The van der Waals surface area contributed by atoms with E-state index >= 15 is 0 Å². The molecule has 0 unspecified atom stereocenters. The number of nitrogens with one attached hydrogen (secondary N) is 3. The number of likely N-dealkylation sites (N-methyl/N-ethyl adjacent to an activating group) is 1. The lowest BCUT2D eigenvalue weighted by Crippen LogP contribution is -2.61. The summed E-state index contributed by atoms with van der Waals surface area (Å²) in [5, 5.41) is 9.36. The summed E-state index contributed by atoms with van der Waals surface area (Å²) in [5.41, 5.74) is 8.28. The summed E-state index contributed by atoms with van der Waals surface area (Å²) in [4.78, 5) is 37.7. The Hall–Kier alpha value is -3.60. The summed E-state index contributed by atoms with van der Waals surface area (Å²) < 4.78 is 0. The van der Waals surface area contributed by atoms with Crippen molar-refractivity contribution in [3.05, 3.63) is 36.2 Å². The fourth-order valence-electron chi connectivity index (χ4n) is 5.58. The van der Waals surface area contributed by atoms with E-state index in [0.29, 0.717) is 11.2 Å². The van der Waals surface area contributed by atoms with Crippen molar-refractivity contribution >= 4 is 34.9 Å². The average molecular weight is 522 g/mol. The topological polar surface area (TPSA) is 132 Å². The first-order valence-corrected chi connectivity index (χ1v) is 13.7. The van der Waals surface area contributed by atoms with Gasteiger partial charge in [0.05, 0.1) is 6.20 Å². The van der Waals surface area contributed by atoms with Crippen molar-refractivity contribution < 1.29 is 9.59 Å². The second kappa shape index (κ2) is 11.4. The molecule has 0 atom stereocenters. The van der Waals surface area contributed by atoms with E-state index in [9.17, 15) is 9.59 Å². The van der Waals surface area contributed by atoms with Crippen LogP contribution in [0, 0.1) is 5.41 Å². The fraction of sp³-hybridized carbons (Fsp3) is 0.556. The largest absolute Gasteiger partial charge is 0.371 e. The highest BCUT2D eigenvalue weighted by atomic mass is 16.2. The molecule has 2 aromatic rings. The maximum absolute atomic E-state index is 11.9. The number of primary amides is 1. The van der Waals surface area contributed by atoms with Crippen LogP contribution in [0.5, 0.6) is 0 Å². The van der Waals surface area contributed by atoms with Gasteiger partial charge >= 0.3 is 6.03 Å². The molecule has 0 aliphatic carbocycles. The van der Waals surface area contributed by atoms with Crippen LogP contribution >= 0.6 is 0 Å². The lowest BCUT2D eigenvalue weighted by Gasteiger charge is -2.50. The Labute approximate surface area is 224 Å². The quantitative estimate of drug-likeness (QED) is 0.471. The number of carbonyl (C=O) groups is 2. The van der Waals surface area contributed by atoms with Crippen LogP contribution in [0.15, 0.2) is 30.5 Å². The third-order valence-corrected chi connectivity index (χ3v) is 7.90. The molecular weight excluding hydrogens is 482 g/mol. The zero-order chi connectivity index (χ0) is 26.5. The zero-order valence-electron chi connectivity index (χ0n) is 22.2. The smallest absolute Gasteiger partial charge is 0.317 e. The van der Waals surface area contributed by atoms with Gasteiger partial charge in [0.2, 0.25) is 0 Å². The van der Waals surface area contributed by atoms with Crippen LogP contribution in [-0.4, -0.2) is 86.2 Å². The maximum Gasteiger partial charge on any atom is 0.317 e. The minimum atomic E-state index is -0.579. The molecule has 4 saturated heterocycles. The number of amides is 3. The van der Waals surface area contributed by atoms with Gasteiger partial charge in [0.15, 0.2) is 11.5 Å². The lowest BCUT2D eigenvalue weighted by molar-refractivity contribution is 0.0996. The molecule has 4 aliphatic rings. The van der Waals surface area contributed by atoms with Crippen LogP contribution in [0.2, 0.25) is 0 Å². The number of nitrogens with zero attached hydrogens (tertiary/aromatic N) is 5. The first-order valence-electron chi connectivity index (χ1n) is 13.7. The van der Waals surface area contributed by atoms with Crippen LogP contribution in [0.25, 0.3) is 0 Å². The van der Waals surface area contributed by atoms with Gasteiger partial charge in [-0.05, 0) is 56.4 Å². The monoisotopic (exact) mass is 521 g/mol. The highest BCUT2D eigenvalue weighted by molar-refractivity contribution is 5.96. The van der Waals surface area contributed by atoms with E-state index in [1.54, 1.807) is 18.1 Å². The maximum atomic E-state index is 11.9. The zero-order valence-corrected chi connectivity index (χ0v) is 22.2. The fourth-order valence-corrected chi connectivity index (χ4v) is 5.58. The van der Waals surface area contributed by atoms with Gasteiger partial charge in [0.1, 0.15) is 5.82 Å². The van der Waals surface area contributed by atoms with Crippen molar-refractivity contribution in [3.8, 4) is 0 Å². The second-order valence-electron chi connectivity index (χ2n) is 10.8. The molecule has 1 aromatic heterocycles.